The monoisotopic (exact) mass is 463 g/mol. The van der Waals surface area contributed by atoms with E-state index in [1.807, 2.05) is 55.1 Å². The number of aromatic nitrogens is 5. The number of hydrogen-bond acceptors (Lipinski definition) is 8. The summed E-state index contributed by atoms with van der Waals surface area (Å²) < 4.78 is 21.1. The molecule has 2 aromatic heterocycles. The van der Waals surface area contributed by atoms with Gasteiger partial charge < -0.3 is 20.1 Å². The maximum Gasteiger partial charge on any atom is 0.242 e. The summed E-state index contributed by atoms with van der Waals surface area (Å²) in [6.45, 7) is 5.68. The van der Waals surface area contributed by atoms with Gasteiger partial charge >= 0.3 is 0 Å². The molecule has 3 heterocycles. The molecule has 0 bridgehead atoms. The van der Waals surface area contributed by atoms with Crippen LogP contribution < -0.4 is 10.2 Å². The van der Waals surface area contributed by atoms with Gasteiger partial charge in [-0.25, -0.2) is 9.37 Å². The second-order valence-corrected chi connectivity index (χ2v) is 8.64. The fourth-order valence-corrected chi connectivity index (χ4v) is 4.03. The van der Waals surface area contributed by atoms with Crippen LogP contribution in [0.1, 0.15) is 25.2 Å². The number of ether oxygens (including phenoxy) is 1. The molecule has 34 heavy (non-hydrogen) atoms. The van der Waals surface area contributed by atoms with Gasteiger partial charge in [-0.1, -0.05) is 24.3 Å². The maximum absolute atomic E-state index is 14.0. The molecule has 0 unspecified atom stereocenters. The number of nitrogens with one attached hydrogen (secondary N) is 1. The lowest BCUT2D eigenvalue weighted by molar-refractivity contribution is 0.122. The molecule has 5 rings (SSSR count). The number of imidazole rings is 1. The third kappa shape index (κ3) is 4.24. The Hall–Kier alpha value is -3.79. The number of morpholine rings is 1. The van der Waals surface area contributed by atoms with Crippen LogP contribution in [0.4, 0.5) is 16.3 Å². The molecule has 176 valence electrons. The minimum atomic E-state index is -0.755. The fraction of sp³-hybridized carbons (Fsp3) is 0.333. The third-order valence-electron chi connectivity index (χ3n) is 5.87. The van der Waals surface area contributed by atoms with Gasteiger partial charge in [-0.05, 0) is 43.7 Å². The van der Waals surface area contributed by atoms with E-state index in [9.17, 15) is 9.50 Å². The number of halogens is 1. The lowest BCUT2D eigenvalue weighted by atomic mass is 9.94. The minimum absolute atomic E-state index is 0.197. The van der Waals surface area contributed by atoms with Crippen molar-refractivity contribution in [3.8, 4) is 11.7 Å². The molecule has 0 radical (unpaired) electrons. The molecule has 0 spiro atoms. The molecular weight excluding hydrogens is 437 g/mol. The number of rotatable bonds is 6. The smallest absolute Gasteiger partial charge is 0.242 e. The SMILES string of the molecule is CC(C)(Nc1nc(N2CCOCC2)nc(-n2c(CF)nc3ccccc32)n1)c1ccc(O)cc1. The number of anilines is 2. The summed E-state index contributed by atoms with van der Waals surface area (Å²) in [4.78, 5) is 20.5. The zero-order valence-corrected chi connectivity index (χ0v) is 19.1. The van der Waals surface area contributed by atoms with Crippen LogP contribution in [0.15, 0.2) is 48.5 Å². The lowest BCUT2D eigenvalue weighted by Crippen LogP contribution is -2.38. The van der Waals surface area contributed by atoms with Crippen LogP contribution in [0, 0.1) is 0 Å². The van der Waals surface area contributed by atoms with Crippen molar-refractivity contribution in [2.45, 2.75) is 26.1 Å². The summed E-state index contributed by atoms with van der Waals surface area (Å²) in [6.07, 6.45) is 0. The van der Waals surface area contributed by atoms with Crippen LogP contribution in [0.2, 0.25) is 0 Å². The van der Waals surface area contributed by atoms with E-state index in [0.717, 1.165) is 11.1 Å². The molecule has 4 aromatic rings. The Bertz CT molecular complexity index is 1300. The lowest BCUT2D eigenvalue weighted by Gasteiger charge is -2.29. The highest BCUT2D eigenvalue weighted by atomic mass is 19.1. The van der Waals surface area contributed by atoms with Crippen LogP contribution >= 0.6 is 0 Å². The van der Waals surface area contributed by atoms with Gasteiger partial charge in [0.05, 0.1) is 29.8 Å². The average Bonchev–Trinajstić information content (AvgIpc) is 3.23. The van der Waals surface area contributed by atoms with Crippen LogP contribution in [0.3, 0.4) is 0 Å². The van der Waals surface area contributed by atoms with Gasteiger partial charge in [-0.15, -0.1) is 0 Å². The number of aromatic hydroxyl groups is 1. The molecule has 1 aliphatic heterocycles. The summed E-state index contributed by atoms with van der Waals surface area (Å²) in [5, 5.41) is 13.1. The molecule has 0 amide bonds. The van der Waals surface area contributed by atoms with E-state index in [2.05, 4.69) is 15.3 Å². The highest BCUT2D eigenvalue weighted by Gasteiger charge is 2.25. The number of alkyl halides is 1. The first-order valence-electron chi connectivity index (χ1n) is 11.1. The van der Waals surface area contributed by atoms with E-state index < -0.39 is 12.2 Å². The average molecular weight is 464 g/mol. The first kappa shape index (κ1) is 22.0. The molecular formula is C24H26FN7O2. The van der Waals surface area contributed by atoms with E-state index >= 15 is 0 Å². The Morgan fingerprint density at radius 1 is 0.971 bits per heavy atom. The normalized spacial score (nSPS) is 14.5. The van der Waals surface area contributed by atoms with Gasteiger partial charge in [0.1, 0.15) is 18.2 Å². The Morgan fingerprint density at radius 3 is 2.41 bits per heavy atom. The summed E-state index contributed by atoms with van der Waals surface area (Å²) in [7, 11) is 0. The number of hydrogen-bond donors (Lipinski definition) is 2. The number of fused-ring (bicyclic) bond motifs is 1. The van der Waals surface area contributed by atoms with Crippen LogP contribution in [0.5, 0.6) is 5.75 Å². The number of para-hydroxylation sites is 2. The van der Waals surface area contributed by atoms with Crippen molar-refractivity contribution in [1.82, 2.24) is 24.5 Å². The molecule has 0 saturated carbocycles. The predicted molar refractivity (Wildman–Crippen MR) is 127 cm³/mol. The van der Waals surface area contributed by atoms with E-state index in [1.54, 1.807) is 16.7 Å². The largest absolute Gasteiger partial charge is 0.508 e. The standard InChI is InChI=1S/C24H26FN7O2/c1-24(2,16-7-9-17(33)10-8-16)30-21-27-22(31-11-13-34-14-12-31)29-23(28-21)32-19-6-4-3-5-18(19)26-20(32)15-25/h3-10,33H,11-15H2,1-2H3,(H,27,28,29,30). The number of phenolic OH excluding ortho intramolecular Hbond substituents is 1. The summed E-state index contributed by atoms with van der Waals surface area (Å²) in [5.74, 6) is 1.56. The molecule has 2 N–H and O–H groups in total. The second kappa shape index (κ2) is 8.86. The molecule has 2 aromatic carbocycles. The number of nitrogens with zero attached hydrogens (tertiary/aromatic N) is 6. The van der Waals surface area contributed by atoms with Crippen molar-refractivity contribution in [3.05, 3.63) is 59.9 Å². The van der Waals surface area contributed by atoms with E-state index in [0.29, 0.717) is 49.7 Å². The fourth-order valence-electron chi connectivity index (χ4n) is 4.03. The van der Waals surface area contributed by atoms with Gasteiger partial charge in [0.2, 0.25) is 17.8 Å². The number of phenols is 1. The molecule has 9 nitrogen and oxygen atoms in total. The van der Waals surface area contributed by atoms with Crippen molar-refractivity contribution >= 4 is 22.9 Å². The van der Waals surface area contributed by atoms with E-state index in [-0.39, 0.29) is 11.6 Å². The van der Waals surface area contributed by atoms with Crippen molar-refractivity contribution in [1.29, 1.82) is 0 Å². The van der Waals surface area contributed by atoms with Gasteiger partial charge in [0.15, 0.2) is 0 Å². The van der Waals surface area contributed by atoms with E-state index in [4.69, 9.17) is 14.7 Å². The van der Waals surface area contributed by atoms with Crippen molar-refractivity contribution in [2.75, 3.05) is 36.5 Å². The Labute approximate surface area is 196 Å². The van der Waals surface area contributed by atoms with Gasteiger partial charge in [-0.2, -0.15) is 15.0 Å². The minimum Gasteiger partial charge on any atom is -0.508 e. The quantitative estimate of drug-likeness (QED) is 0.448. The Balaban J connectivity index is 1.61. The highest BCUT2D eigenvalue weighted by Crippen LogP contribution is 2.28. The Morgan fingerprint density at radius 2 is 1.68 bits per heavy atom. The van der Waals surface area contributed by atoms with Crippen LogP contribution in [0.25, 0.3) is 17.0 Å². The summed E-state index contributed by atoms with van der Waals surface area (Å²) in [5.41, 5.74) is 1.77. The van der Waals surface area contributed by atoms with Gasteiger partial charge in [0.25, 0.3) is 0 Å². The highest BCUT2D eigenvalue weighted by molar-refractivity contribution is 5.77. The molecule has 10 heteroatoms. The number of benzene rings is 2. The van der Waals surface area contributed by atoms with Crippen LogP contribution in [-0.4, -0.2) is 55.9 Å². The molecule has 0 aliphatic carbocycles. The van der Waals surface area contributed by atoms with Crippen molar-refractivity contribution in [2.24, 2.45) is 0 Å². The third-order valence-corrected chi connectivity index (χ3v) is 5.87. The van der Waals surface area contributed by atoms with E-state index in [1.165, 1.54) is 0 Å². The molecule has 1 fully saturated rings. The van der Waals surface area contributed by atoms with Gasteiger partial charge in [-0.3, -0.25) is 4.57 Å². The second-order valence-electron chi connectivity index (χ2n) is 8.64. The maximum atomic E-state index is 14.0. The Kier molecular flexibility index (Phi) is 5.74. The summed E-state index contributed by atoms with van der Waals surface area (Å²) in [6, 6.07) is 14.4. The predicted octanol–water partition coefficient (Wildman–Crippen LogP) is 3.57. The zero-order valence-electron chi connectivity index (χ0n) is 19.1. The first-order chi connectivity index (χ1) is 16.4. The zero-order chi connectivity index (χ0) is 23.7. The van der Waals surface area contributed by atoms with Crippen LogP contribution in [-0.2, 0) is 17.0 Å². The topological polar surface area (TPSA) is 101 Å². The summed E-state index contributed by atoms with van der Waals surface area (Å²) >= 11 is 0. The van der Waals surface area contributed by atoms with Crippen molar-refractivity contribution in [3.63, 3.8) is 0 Å². The van der Waals surface area contributed by atoms with Crippen molar-refractivity contribution < 1.29 is 14.2 Å². The molecule has 0 atom stereocenters. The van der Waals surface area contributed by atoms with Gasteiger partial charge in [0, 0.05) is 13.1 Å². The molecule has 1 saturated heterocycles. The molecule has 1 aliphatic rings. The first-order valence-corrected chi connectivity index (χ1v) is 11.1.